The van der Waals surface area contributed by atoms with E-state index in [0.29, 0.717) is 10.9 Å². The number of aliphatic hydroxyl groups excluding tert-OH is 2. The van der Waals surface area contributed by atoms with Crippen molar-refractivity contribution >= 4 is 28.5 Å². The highest BCUT2D eigenvalue weighted by Crippen LogP contribution is 2.41. The lowest BCUT2D eigenvalue weighted by molar-refractivity contribution is -0.129. The highest BCUT2D eigenvalue weighted by atomic mass is 32.2. The monoisotopic (exact) mass is 365 g/mol. The Kier molecular flexibility index (Phi) is 4.43. The molecule has 4 rings (SSSR count). The van der Waals surface area contributed by atoms with E-state index in [9.17, 15) is 19.4 Å². The number of fused-ring (bicyclic) bond motifs is 1. The maximum atomic E-state index is 13.0. The molecule has 0 aromatic heterocycles. The number of hydrogen-bond donors (Lipinski definition) is 4. The number of halogens is 1. The van der Waals surface area contributed by atoms with Crippen molar-refractivity contribution < 1.29 is 19.4 Å². The first-order chi connectivity index (χ1) is 12.0. The minimum Gasteiger partial charge on any atom is -0.390 e. The van der Waals surface area contributed by atoms with E-state index < -0.39 is 24.2 Å². The van der Waals surface area contributed by atoms with Gasteiger partial charge in [-0.1, -0.05) is 11.8 Å². The number of nitrogens with one attached hydrogen (secondary N) is 2. The number of nitrogens with zero attached hydrogens (tertiary/aromatic N) is 1. The molecule has 2 saturated carbocycles. The van der Waals surface area contributed by atoms with Crippen LogP contribution in [0.1, 0.15) is 19.3 Å². The lowest BCUT2D eigenvalue weighted by Gasteiger charge is -2.37. The van der Waals surface area contributed by atoms with Gasteiger partial charge in [-0.2, -0.15) is 0 Å². The smallest absolute Gasteiger partial charge is 0.224 e. The molecule has 1 aromatic rings. The number of benzene rings is 1. The summed E-state index contributed by atoms with van der Waals surface area (Å²) in [5.41, 5.74) is 0.681. The summed E-state index contributed by atoms with van der Waals surface area (Å²) < 4.78 is 13.0. The number of amides is 1. The zero-order valence-electron chi connectivity index (χ0n) is 13.4. The molecule has 1 aliphatic heterocycles. The van der Waals surface area contributed by atoms with E-state index in [-0.39, 0.29) is 29.4 Å². The minimum absolute atomic E-state index is 0.0748. The number of carbonyl (C=O) groups is 1. The van der Waals surface area contributed by atoms with Crippen LogP contribution in [0.25, 0.3) is 0 Å². The molecule has 0 saturated heterocycles. The Morgan fingerprint density at radius 3 is 2.64 bits per heavy atom. The first-order valence-electron chi connectivity index (χ1n) is 8.45. The number of aliphatic hydroxyl groups is 2. The van der Waals surface area contributed by atoms with E-state index in [1.54, 1.807) is 12.1 Å². The minimum atomic E-state index is -0.991. The van der Waals surface area contributed by atoms with Crippen LogP contribution in [0.3, 0.4) is 0 Å². The van der Waals surface area contributed by atoms with Crippen LogP contribution in [0.2, 0.25) is 0 Å². The Morgan fingerprint density at radius 1 is 1.24 bits per heavy atom. The molecule has 0 radical (unpaired) electrons. The second kappa shape index (κ2) is 6.59. The van der Waals surface area contributed by atoms with Crippen LogP contribution in [0, 0.1) is 11.7 Å². The molecular formula is C17H20FN3O3S. The summed E-state index contributed by atoms with van der Waals surface area (Å²) in [5.74, 6) is -0.796. The summed E-state index contributed by atoms with van der Waals surface area (Å²) in [7, 11) is 0. The molecule has 3 aliphatic rings. The van der Waals surface area contributed by atoms with Gasteiger partial charge in [-0.15, -0.1) is 0 Å². The Hall–Kier alpha value is -1.64. The van der Waals surface area contributed by atoms with Gasteiger partial charge in [-0.3, -0.25) is 9.79 Å². The number of thioether (sulfide) groups is 1. The molecule has 0 spiro atoms. The fraction of sp³-hybridized carbons (Fsp3) is 0.529. The van der Waals surface area contributed by atoms with E-state index in [0.717, 1.165) is 12.8 Å². The van der Waals surface area contributed by atoms with Gasteiger partial charge in [0.2, 0.25) is 5.91 Å². The molecule has 1 heterocycles. The molecule has 134 valence electrons. The average Bonchev–Trinajstić information content (AvgIpc) is 3.30. The van der Waals surface area contributed by atoms with Crippen LogP contribution in [-0.4, -0.2) is 50.8 Å². The zero-order valence-corrected chi connectivity index (χ0v) is 14.2. The number of aliphatic imine (C=N–C) groups is 1. The van der Waals surface area contributed by atoms with Crippen LogP contribution >= 0.6 is 11.8 Å². The maximum absolute atomic E-state index is 13.0. The molecule has 4 N–H and O–H groups in total. The molecule has 2 aliphatic carbocycles. The first-order valence-corrected chi connectivity index (χ1v) is 9.33. The third-order valence-electron chi connectivity index (χ3n) is 4.84. The van der Waals surface area contributed by atoms with E-state index in [1.165, 1.54) is 23.9 Å². The van der Waals surface area contributed by atoms with Crippen molar-refractivity contribution in [3.63, 3.8) is 0 Å². The molecule has 5 atom stereocenters. The predicted octanol–water partition coefficient (Wildman–Crippen LogP) is 1.10. The van der Waals surface area contributed by atoms with E-state index in [2.05, 4.69) is 15.6 Å². The summed E-state index contributed by atoms with van der Waals surface area (Å²) in [4.78, 5) is 17.0. The molecule has 1 aromatic carbocycles. The summed E-state index contributed by atoms with van der Waals surface area (Å²) in [6.45, 7) is 0. The second-order valence-electron chi connectivity index (χ2n) is 6.82. The van der Waals surface area contributed by atoms with Gasteiger partial charge in [0.15, 0.2) is 5.17 Å². The van der Waals surface area contributed by atoms with Gasteiger partial charge in [0, 0.05) is 17.0 Å². The number of hydrogen-bond acceptors (Lipinski definition) is 6. The van der Waals surface area contributed by atoms with E-state index >= 15 is 0 Å². The summed E-state index contributed by atoms with van der Waals surface area (Å²) in [6, 6.07) is 5.61. The SMILES string of the molecule is O=C(NC1CC1)[C@H]1C[C@@H](O)[C@H](O)[C@H]2N=C(Nc3ccc(F)cc3)S[C@@H]21. The molecule has 2 fully saturated rings. The van der Waals surface area contributed by atoms with Crippen molar-refractivity contribution in [1.82, 2.24) is 5.32 Å². The number of carbonyl (C=O) groups excluding carboxylic acids is 1. The summed E-state index contributed by atoms with van der Waals surface area (Å²) in [5, 5.41) is 26.8. The molecular weight excluding hydrogens is 345 g/mol. The lowest BCUT2D eigenvalue weighted by Crippen LogP contribution is -2.54. The highest BCUT2D eigenvalue weighted by Gasteiger charge is 2.50. The Balaban J connectivity index is 1.49. The second-order valence-corrected chi connectivity index (χ2v) is 7.99. The van der Waals surface area contributed by atoms with Gasteiger partial charge in [-0.05, 0) is 43.5 Å². The molecule has 0 bridgehead atoms. The number of rotatable bonds is 3. The van der Waals surface area contributed by atoms with Crippen molar-refractivity contribution in [3.05, 3.63) is 30.1 Å². The third-order valence-corrected chi connectivity index (χ3v) is 6.15. The predicted molar refractivity (Wildman–Crippen MR) is 93.9 cm³/mol. The largest absolute Gasteiger partial charge is 0.390 e. The third kappa shape index (κ3) is 3.51. The molecule has 0 unspecified atom stereocenters. The fourth-order valence-electron chi connectivity index (χ4n) is 3.30. The Bertz CT molecular complexity index is 695. The van der Waals surface area contributed by atoms with Gasteiger partial charge < -0.3 is 20.8 Å². The van der Waals surface area contributed by atoms with Crippen LogP contribution in [0.4, 0.5) is 10.1 Å². The zero-order chi connectivity index (χ0) is 17.6. The highest BCUT2D eigenvalue weighted by molar-refractivity contribution is 8.15. The molecule has 6 nitrogen and oxygen atoms in total. The summed E-state index contributed by atoms with van der Waals surface area (Å²) >= 11 is 1.40. The molecule has 8 heteroatoms. The van der Waals surface area contributed by atoms with Crippen molar-refractivity contribution in [2.75, 3.05) is 5.32 Å². The van der Waals surface area contributed by atoms with Crippen LogP contribution in [0.5, 0.6) is 0 Å². The average molecular weight is 365 g/mol. The lowest BCUT2D eigenvalue weighted by atomic mass is 9.81. The molecule has 25 heavy (non-hydrogen) atoms. The van der Waals surface area contributed by atoms with Crippen molar-refractivity contribution in [2.45, 2.75) is 48.8 Å². The van der Waals surface area contributed by atoms with Gasteiger partial charge in [0.05, 0.1) is 18.1 Å². The van der Waals surface area contributed by atoms with Crippen LogP contribution in [0.15, 0.2) is 29.3 Å². The van der Waals surface area contributed by atoms with Gasteiger partial charge in [0.1, 0.15) is 11.9 Å². The van der Waals surface area contributed by atoms with Crippen LogP contribution < -0.4 is 10.6 Å². The van der Waals surface area contributed by atoms with Gasteiger partial charge >= 0.3 is 0 Å². The first kappa shape index (κ1) is 16.8. The molecule has 1 amide bonds. The number of amidine groups is 1. The quantitative estimate of drug-likeness (QED) is 0.644. The van der Waals surface area contributed by atoms with Gasteiger partial charge in [0.25, 0.3) is 0 Å². The van der Waals surface area contributed by atoms with Crippen LogP contribution in [-0.2, 0) is 4.79 Å². The summed E-state index contributed by atoms with van der Waals surface area (Å²) in [6.07, 6.45) is 0.269. The van der Waals surface area contributed by atoms with E-state index in [1.807, 2.05) is 0 Å². The number of anilines is 1. The maximum Gasteiger partial charge on any atom is 0.224 e. The van der Waals surface area contributed by atoms with E-state index in [4.69, 9.17) is 0 Å². The van der Waals surface area contributed by atoms with Crippen molar-refractivity contribution in [1.29, 1.82) is 0 Å². The van der Waals surface area contributed by atoms with Crippen molar-refractivity contribution in [3.8, 4) is 0 Å². The fourth-order valence-corrected chi connectivity index (χ4v) is 4.68. The topological polar surface area (TPSA) is 94.0 Å². The normalized spacial score (nSPS) is 34.2. The van der Waals surface area contributed by atoms with Crippen molar-refractivity contribution in [2.24, 2.45) is 10.9 Å². The van der Waals surface area contributed by atoms with Gasteiger partial charge in [-0.25, -0.2) is 4.39 Å². The Morgan fingerprint density at radius 2 is 1.96 bits per heavy atom. The standard InChI is InChI=1S/C17H20FN3O3S/c18-8-1-3-10(4-2-8)20-17-21-13-14(23)12(22)7-11(15(13)25-17)16(24)19-9-5-6-9/h1-4,9,11-15,22-23H,5-7H2,(H,19,24)(H,20,21)/t11-,12+,13+,14-,15+/m0/s1. The Labute approximate surface area is 148 Å².